The molecule has 0 aromatic heterocycles. The topological polar surface area (TPSA) is 49.9 Å². The third kappa shape index (κ3) is 8.38. The van der Waals surface area contributed by atoms with Gasteiger partial charge in [0.15, 0.2) is 0 Å². The van der Waals surface area contributed by atoms with E-state index < -0.39 is 21.8 Å². The van der Waals surface area contributed by atoms with Crippen molar-refractivity contribution in [2.75, 3.05) is 33.8 Å². The Morgan fingerprint density at radius 2 is 1.40 bits per heavy atom. The van der Waals surface area contributed by atoms with E-state index in [2.05, 4.69) is 0 Å². The molecule has 43 heavy (non-hydrogen) atoms. The first-order valence-electron chi connectivity index (χ1n) is 13.8. The van der Waals surface area contributed by atoms with Gasteiger partial charge in [0.2, 0.25) is 10.0 Å². The summed E-state index contributed by atoms with van der Waals surface area (Å²) in [5.74, 6) is 0.117. The molecule has 0 heterocycles. The third-order valence-electron chi connectivity index (χ3n) is 7.11. The van der Waals surface area contributed by atoms with Crippen LogP contribution in [0.1, 0.15) is 34.6 Å². The van der Waals surface area contributed by atoms with E-state index in [1.165, 1.54) is 38.4 Å². The van der Waals surface area contributed by atoms with Crippen molar-refractivity contribution in [3.05, 3.63) is 130 Å². The molecule has 4 aromatic rings. The largest absolute Gasteiger partial charge is 0.492 e. The molecule has 0 unspecified atom stereocenters. The van der Waals surface area contributed by atoms with Gasteiger partial charge in [-0.15, -0.1) is 0 Å². The summed E-state index contributed by atoms with van der Waals surface area (Å²) in [4.78, 5) is 2.02. The molecule has 228 valence electrons. The van der Waals surface area contributed by atoms with Crippen molar-refractivity contribution < 1.29 is 26.3 Å². The molecule has 0 atom stereocenters. The molecule has 0 amide bonds. The van der Waals surface area contributed by atoms with E-state index in [4.69, 9.17) is 16.3 Å². The van der Waals surface area contributed by atoms with Gasteiger partial charge in [-0.2, -0.15) is 13.2 Å². The number of rotatable bonds is 13. The van der Waals surface area contributed by atoms with Gasteiger partial charge in [-0.3, -0.25) is 4.90 Å². The summed E-state index contributed by atoms with van der Waals surface area (Å²) >= 11 is 6.05. The molecule has 4 aromatic carbocycles. The average Bonchev–Trinajstić information content (AvgIpc) is 2.98. The molecule has 0 fully saturated rings. The SMILES string of the molecule is CN(C)S(=O)(=O)c1ccccc1OCCCN(Cc1cccc(Cl)c1C(F)(F)F)CC(c1ccccc1)c1ccccc1. The fourth-order valence-corrected chi connectivity index (χ4v) is 6.30. The minimum absolute atomic E-state index is 0.0111. The quantitative estimate of drug-likeness (QED) is 0.142. The molecular weight excluding hydrogens is 597 g/mol. The van der Waals surface area contributed by atoms with Crippen molar-refractivity contribution in [3.8, 4) is 5.75 Å². The summed E-state index contributed by atoms with van der Waals surface area (Å²) in [6, 6.07) is 30.3. The van der Waals surface area contributed by atoms with Crippen LogP contribution >= 0.6 is 11.6 Å². The van der Waals surface area contributed by atoms with Crippen LogP contribution in [0, 0.1) is 0 Å². The third-order valence-corrected chi connectivity index (χ3v) is 9.28. The first-order valence-corrected chi connectivity index (χ1v) is 15.6. The van der Waals surface area contributed by atoms with E-state index in [0.29, 0.717) is 19.5 Å². The van der Waals surface area contributed by atoms with Crippen LogP contribution in [0.5, 0.6) is 5.75 Å². The molecule has 0 N–H and O–H groups in total. The van der Waals surface area contributed by atoms with Crippen molar-refractivity contribution in [3.63, 3.8) is 0 Å². The van der Waals surface area contributed by atoms with Crippen LogP contribution in [-0.2, 0) is 22.7 Å². The lowest BCUT2D eigenvalue weighted by Gasteiger charge is -2.29. The van der Waals surface area contributed by atoms with Crippen molar-refractivity contribution in [2.24, 2.45) is 0 Å². The number of hydrogen-bond acceptors (Lipinski definition) is 4. The predicted octanol–water partition coefficient (Wildman–Crippen LogP) is 7.71. The van der Waals surface area contributed by atoms with E-state index in [9.17, 15) is 21.6 Å². The summed E-state index contributed by atoms with van der Waals surface area (Å²) in [7, 11) is -0.824. The van der Waals surface area contributed by atoms with E-state index in [-0.39, 0.29) is 40.3 Å². The maximum Gasteiger partial charge on any atom is 0.418 e. The number of hydrogen-bond donors (Lipinski definition) is 0. The first kappa shape index (κ1) is 32.5. The number of benzene rings is 4. The highest BCUT2D eigenvalue weighted by Crippen LogP contribution is 2.38. The molecule has 5 nitrogen and oxygen atoms in total. The molecular formula is C33H34ClF3N2O3S. The van der Waals surface area contributed by atoms with Crippen molar-refractivity contribution in [2.45, 2.75) is 30.0 Å². The normalized spacial score (nSPS) is 12.3. The zero-order valence-electron chi connectivity index (χ0n) is 24.0. The Morgan fingerprint density at radius 3 is 1.98 bits per heavy atom. The molecule has 0 aliphatic heterocycles. The summed E-state index contributed by atoms with van der Waals surface area (Å²) < 4.78 is 74.7. The van der Waals surface area contributed by atoms with E-state index in [0.717, 1.165) is 15.4 Å². The molecule has 4 rings (SSSR count). The second-order valence-electron chi connectivity index (χ2n) is 10.3. The Labute approximate surface area is 256 Å². The van der Waals surface area contributed by atoms with Gasteiger partial charge in [-0.25, -0.2) is 12.7 Å². The molecule has 0 spiro atoms. The van der Waals surface area contributed by atoms with Crippen LogP contribution < -0.4 is 4.74 Å². The van der Waals surface area contributed by atoms with Crippen LogP contribution in [0.25, 0.3) is 0 Å². The Balaban J connectivity index is 1.60. The monoisotopic (exact) mass is 630 g/mol. The summed E-state index contributed by atoms with van der Waals surface area (Å²) in [5.41, 5.74) is 1.33. The van der Waals surface area contributed by atoms with E-state index in [1.54, 1.807) is 18.2 Å². The second-order valence-corrected chi connectivity index (χ2v) is 12.8. The Morgan fingerprint density at radius 1 is 0.814 bits per heavy atom. The smallest absolute Gasteiger partial charge is 0.418 e. The fraction of sp³-hybridized carbons (Fsp3) is 0.273. The highest BCUT2D eigenvalue weighted by molar-refractivity contribution is 7.89. The Kier molecular flexibility index (Phi) is 10.9. The molecule has 10 heteroatoms. The first-order chi connectivity index (χ1) is 20.5. The summed E-state index contributed by atoms with van der Waals surface area (Å²) in [6.07, 6.45) is -4.17. The van der Waals surface area contributed by atoms with Gasteiger partial charge in [0.05, 0.1) is 17.2 Å². The zero-order valence-corrected chi connectivity index (χ0v) is 25.5. The van der Waals surface area contributed by atoms with Gasteiger partial charge in [-0.05, 0) is 41.3 Å². The van der Waals surface area contributed by atoms with Gasteiger partial charge in [-0.1, -0.05) is 96.5 Å². The highest BCUT2D eigenvalue weighted by atomic mass is 35.5. The Hall–Kier alpha value is -3.37. The predicted molar refractivity (Wildman–Crippen MR) is 164 cm³/mol. The van der Waals surface area contributed by atoms with Gasteiger partial charge >= 0.3 is 6.18 Å². The average molecular weight is 631 g/mol. The molecule has 0 aliphatic rings. The lowest BCUT2D eigenvalue weighted by atomic mass is 9.90. The number of para-hydroxylation sites is 1. The van der Waals surface area contributed by atoms with Crippen LogP contribution in [0.2, 0.25) is 5.02 Å². The lowest BCUT2D eigenvalue weighted by molar-refractivity contribution is -0.138. The summed E-state index contributed by atoms with van der Waals surface area (Å²) in [5, 5.41) is -0.338. The van der Waals surface area contributed by atoms with Gasteiger partial charge in [0, 0.05) is 39.6 Å². The number of ether oxygens (including phenoxy) is 1. The van der Waals surface area contributed by atoms with E-state index >= 15 is 0 Å². The molecule has 0 bridgehead atoms. The van der Waals surface area contributed by atoms with Crippen LogP contribution in [0.4, 0.5) is 13.2 Å². The standard InChI is InChI=1S/C33H34ClF3N2O3S/c1-38(2)43(40,41)31-20-10-9-19-30(31)42-22-12-21-39(23-27-17-11-18-29(34)32(27)33(35,36)37)24-28(25-13-5-3-6-14-25)26-15-7-4-8-16-26/h3-11,13-20,28H,12,21-24H2,1-2H3. The maximum absolute atomic E-state index is 14.1. The Bertz CT molecular complexity index is 1540. The van der Waals surface area contributed by atoms with Gasteiger partial charge in [0.1, 0.15) is 10.6 Å². The van der Waals surface area contributed by atoms with Crippen LogP contribution in [0.15, 0.2) is 108 Å². The highest BCUT2D eigenvalue weighted by Gasteiger charge is 2.36. The molecule has 0 aliphatic carbocycles. The fourth-order valence-electron chi connectivity index (χ4n) is 4.98. The van der Waals surface area contributed by atoms with Gasteiger partial charge < -0.3 is 4.74 Å². The molecule has 0 saturated carbocycles. The van der Waals surface area contributed by atoms with Gasteiger partial charge in [0.25, 0.3) is 0 Å². The lowest BCUT2D eigenvalue weighted by Crippen LogP contribution is -2.31. The number of alkyl halides is 3. The minimum Gasteiger partial charge on any atom is -0.492 e. The van der Waals surface area contributed by atoms with Crippen molar-refractivity contribution in [1.82, 2.24) is 9.21 Å². The second kappa shape index (κ2) is 14.4. The molecule has 0 radical (unpaired) electrons. The number of halogens is 4. The van der Waals surface area contributed by atoms with Crippen molar-refractivity contribution in [1.29, 1.82) is 0 Å². The maximum atomic E-state index is 14.1. The van der Waals surface area contributed by atoms with E-state index in [1.807, 2.05) is 65.6 Å². The number of sulfonamides is 1. The minimum atomic E-state index is -4.61. The molecule has 0 saturated heterocycles. The van der Waals surface area contributed by atoms with Crippen molar-refractivity contribution >= 4 is 21.6 Å². The van der Waals surface area contributed by atoms with Crippen LogP contribution in [-0.4, -0.2) is 51.4 Å². The van der Waals surface area contributed by atoms with Crippen LogP contribution in [0.3, 0.4) is 0 Å². The zero-order chi connectivity index (χ0) is 31.0. The summed E-state index contributed by atoms with van der Waals surface area (Å²) in [6.45, 7) is 1.00. The number of nitrogens with zero attached hydrogens (tertiary/aromatic N) is 2.